The molecule has 1 aliphatic rings. The van der Waals surface area contributed by atoms with Gasteiger partial charge in [0.25, 0.3) is 5.91 Å². The first-order valence-electron chi connectivity index (χ1n) is 12.9. The van der Waals surface area contributed by atoms with E-state index in [-0.39, 0.29) is 34.2 Å². The van der Waals surface area contributed by atoms with E-state index in [1.54, 1.807) is 48.0 Å². The number of alkyl halides is 3. The van der Waals surface area contributed by atoms with Gasteiger partial charge in [-0.15, -0.1) is 0 Å². The Morgan fingerprint density at radius 3 is 2.73 bits per heavy atom. The minimum absolute atomic E-state index is 0.0703. The third kappa shape index (κ3) is 7.28. The van der Waals surface area contributed by atoms with E-state index in [1.807, 2.05) is 11.0 Å². The Hall–Kier alpha value is -4.26. The number of aromatic nitrogens is 3. The number of halogens is 3. The van der Waals surface area contributed by atoms with Crippen LogP contribution in [0.2, 0.25) is 0 Å². The molecule has 41 heavy (non-hydrogen) atoms. The Morgan fingerprint density at radius 1 is 1.12 bits per heavy atom. The molecule has 1 fully saturated rings. The molecule has 0 spiro atoms. The molecular weight excluding hydrogens is 557 g/mol. The van der Waals surface area contributed by atoms with Crippen molar-refractivity contribution in [2.75, 3.05) is 25.0 Å². The molecule has 4 aromatic rings. The van der Waals surface area contributed by atoms with Gasteiger partial charge in [0.2, 0.25) is 11.9 Å². The third-order valence-corrected chi connectivity index (χ3v) is 7.16. The maximum atomic E-state index is 12.8. The molecule has 2 amide bonds. The fourth-order valence-corrected chi connectivity index (χ4v) is 5.09. The van der Waals surface area contributed by atoms with Crippen LogP contribution in [0.3, 0.4) is 0 Å². The molecule has 0 bridgehead atoms. The van der Waals surface area contributed by atoms with E-state index in [0.29, 0.717) is 54.6 Å². The van der Waals surface area contributed by atoms with Gasteiger partial charge in [-0.05, 0) is 61.0 Å². The summed E-state index contributed by atoms with van der Waals surface area (Å²) in [6.45, 7) is 1.81. The Labute approximate surface area is 238 Å². The second-order valence-electron chi connectivity index (χ2n) is 9.42. The smallest absolute Gasteiger partial charge is 0.446 e. The van der Waals surface area contributed by atoms with Gasteiger partial charge >= 0.3 is 5.51 Å². The van der Waals surface area contributed by atoms with E-state index in [0.717, 1.165) is 18.5 Å². The van der Waals surface area contributed by atoms with Crippen LogP contribution in [0.1, 0.15) is 29.8 Å². The molecule has 0 unspecified atom stereocenters. The van der Waals surface area contributed by atoms with Crippen LogP contribution in [0.25, 0.3) is 11.0 Å². The topological polar surface area (TPSA) is 101 Å². The van der Waals surface area contributed by atoms with Gasteiger partial charge in [0.15, 0.2) is 0 Å². The molecule has 2 aromatic heterocycles. The SMILES string of the molecule is Cn1c(Nc2cccc(SC(F)(F)F)c2)nc2cc(Oc3ccnc(C(=O)NCCCN4CCCC4=O)c3)ccc21. The molecule has 0 radical (unpaired) electrons. The number of aryl methyl sites for hydroxylation is 1. The number of pyridine rings is 1. The number of benzene rings is 2. The van der Waals surface area contributed by atoms with Crippen molar-refractivity contribution in [3.8, 4) is 11.5 Å². The van der Waals surface area contributed by atoms with Crippen LogP contribution in [0, 0.1) is 0 Å². The minimum Gasteiger partial charge on any atom is -0.457 e. The van der Waals surface area contributed by atoms with Crippen molar-refractivity contribution in [3.63, 3.8) is 0 Å². The van der Waals surface area contributed by atoms with Crippen LogP contribution in [0.4, 0.5) is 24.8 Å². The highest BCUT2D eigenvalue weighted by Gasteiger charge is 2.29. The Balaban J connectivity index is 1.22. The molecule has 3 heterocycles. The van der Waals surface area contributed by atoms with Gasteiger partial charge in [-0.1, -0.05) is 6.07 Å². The van der Waals surface area contributed by atoms with Gasteiger partial charge in [0.05, 0.1) is 11.0 Å². The van der Waals surface area contributed by atoms with Crippen LogP contribution >= 0.6 is 11.8 Å². The highest BCUT2D eigenvalue weighted by Crippen LogP contribution is 2.38. The van der Waals surface area contributed by atoms with E-state index >= 15 is 0 Å². The first kappa shape index (κ1) is 28.3. The summed E-state index contributed by atoms with van der Waals surface area (Å²) in [6, 6.07) is 14.5. The zero-order valence-electron chi connectivity index (χ0n) is 22.1. The molecule has 2 N–H and O–H groups in total. The minimum atomic E-state index is -4.37. The Bertz CT molecular complexity index is 1580. The standard InChI is InChI=1S/C28H27F3N6O3S/c1-36-24-9-8-19(16-22(24)35-27(36)34-18-5-2-6-21(15-18)41-28(29,30)31)40-20-10-12-32-23(17-20)26(39)33-11-4-14-37-13-3-7-25(37)38/h2,5-6,8-10,12,15-17H,3-4,7,11,13-14H2,1H3,(H,33,39)(H,34,35). The number of rotatable bonds is 10. The molecule has 5 rings (SSSR count). The summed E-state index contributed by atoms with van der Waals surface area (Å²) in [5, 5.41) is 5.90. The summed E-state index contributed by atoms with van der Waals surface area (Å²) < 4.78 is 46.0. The predicted octanol–water partition coefficient (Wildman–Crippen LogP) is 5.86. The van der Waals surface area contributed by atoms with Gasteiger partial charge < -0.3 is 24.8 Å². The van der Waals surface area contributed by atoms with Gasteiger partial charge in [0.1, 0.15) is 17.2 Å². The van der Waals surface area contributed by atoms with Crippen molar-refractivity contribution >= 4 is 46.2 Å². The fraction of sp³-hybridized carbons (Fsp3) is 0.286. The number of amides is 2. The number of hydrogen-bond acceptors (Lipinski definition) is 7. The Morgan fingerprint density at radius 2 is 1.95 bits per heavy atom. The number of hydrogen-bond donors (Lipinski definition) is 2. The third-order valence-electron chi connectivity index (χ3n) is 6.44. The van der Waals surface area contributed by atoms with Gasteiger partial charge in [-0.2, -0.15) is 13.2 Å². The molecule has 0 atom stereocenters. The van der Waals surface area contributed by atoms with E-state index in [1.165, 1.54) is 18.3 Å². The van der Waals surface area contributed by atoms with Crippen molar-refractivity contribution in [3.05, 3.63) is 66.5 Å². The lowest BCUT2D eigenvalue weighted by Crippen LogP contribution is -2.30. The van der Waals surface area contributed by atoms with E-state index < -0.39 is 5.51 Å². The lowest BCUT2D eigenvalue weighted by molar-refractivity contribution is -0.127. The molecule has 1 saturated heterocycles. The van der Waals surface area contributed by atoms with Crippen LogP contribution in [0.15, 0.2) is 65.7 Å². The van der Waals surface area contributed by atoms with Crippen molar-refractivity contribution in [2.24, 2.45) is 7.05 Å². The molecular formula is C28H27F3N6O3S. The fourth-order valence-electron chi connectivity index (χ4n) is 4.49. The van der Waals surface area contributed by atoms with Crippen molar-refractivity contribution in [1.29, 1.82) is 0 Å². The van der Waals surface area contributed by atoms with Crippen LogP contribution < -0.4 is 15.4 Å². The normalized spacial score (nSPS) is 13.6. The summed E-state index contributed by atoms with van der Waals surface area (Å²) in [4.78, 5) is 34.9. The van der Waals surface area contributed by atoms with Gasteiger partial charge in [-0.25, -0.2) is 4.98 Å². The molecule has 0 saturated carbocycles. The number of anilines is 2. The zero-order chi connectivity index (χ0) is 29.0. The molecule has 9 nitrogen and oxygen atoms in total. The molecule has 2 aromatic carbocycles. The monoisotopic (exact) mass is 584 g/mol. The number of nitrogens with one attached hydrogen (secondary N) is 2. The summed E-state index contributed by atoms with van der Waals surface area (Å²) in [5.74, 6) is 1.17. The van der Waals surface area contributed by atoms with Crippen LogP contribution in [-0.4, -0.2) is 56.4 Å². The zero-order valence-corrected chi connectivity index (χ0v) is 22.9. The largest absolute Gasteiger partial charge is 0.457 e. The van der Waals surface area contributed by atoms with Crippen LogP contribution in [0.5, 0.6) is 11.5 Å². The van der Waals surface area contributed by atoms with Gasteiger partial charge in [-0.3, -0.25) is 14.6 Å². The maximum absolute atomic E-state index is 12.8. The molecule has 0 aliphatic carbocycles. The first-order chi connectivity index (χ1) is 19.6. The number of carbonyl (C=O) groups is 2. The lowest BCUT2D eigenvalue weighted by Gasteiger charge is -2.15. The number of carbonyl (C=O) groups excluding carboxylic acids is 2. The molecule has 214 valence electrons. The lowest BCUT2D eigenvalue weighted by atomic mass is 10.3. The van der Waals surface area contributed by atoms with Gasteiger partial charge in [0, 0.05) is 62.0 Å². The number of likely N-dealkylation sites (tertiary alicyclic amines) is 1. The highest BCUT2D eigenvalue weighted by molar-refractivity contribution is 8.00. The highest BCUT2D eigenvalue weighted by atomic mass is 32.2. The number of nitrogens with zero attached hydrogens (tertiary/aromatic N) is 4. The Kier molecular flexibility index (Phi) is 8.34. The average molecular weight is 585 g/mol. The second-order valence-corrected chi connectivity index (χ2v) is 10.6. The summed E-state index contributed by atoms with van der Waals surface area (Å²) in [6.07, 6.45) is 3.62. The summed E-state index contributed by atoms with van der Waals surface area (Å²) >= 11 is -0.176. The van der Waals surface area contributed by atoms with Crippen molar-refractivity contribution < 1.29 is 27.5 Å². The second kappa shape index (κ2) is 12.1. The van der Waals surface area contributed by atoms with E-state index in [4.69, 9.17) is 4.74 Å². The number of imidazole rings is 1. The predicted molar refractivity (Wildman–Crippen MR) is 149 cm³/mol. The number of ether oxygens (including phenoxy) is 1. The van der Waals surface area contributed by atoms with E-state index in [2.05, 4.69) is 20.6 Å². The summed E-state index contributed by atoms with van der Waals surface area (Å²) in [7, 11) is 1.79. The number of fused-ring (bicyclic) bond motifs is 1. The quantitative estimate of drug-likeness (QED) is 0.178. The maximum Gasteiger partial charge on any atom is 0.446 e. The molecule has 1 aliphatic heterocycles. The van der Waals surface area contributed by atoms with Crippen LogP contribution in [-0.2, 0) is 11.8 Å². The average Bonchev–Trinajstić information content (AvgIpc) is 3.47. The van der Waals surface area contributed by atoms with E-state index in [9.17, 15) is 22.8 Å². The molecule has 13 heteroatoms. The summed E-state index contributed by atoms with van der Waals surface area (Å²) in [5.41, 5.74) is -2.30. The first-order valence-corrected chi connectivity index (χ1v) is 13.8. The van der Waals surface area contributed by atoms with Crippen molar-refractivity contribution in [1.82, 2.24) is 24.8 Å². The number of thioether (sulfide) groups is 1. The van der Waals surface area contributed by atoms with Crippen molar-refractivity contribution in [2.45, 2.75) is 29.7 Å².